The molecule has 1 aromatic rings. The standard InChI is InChI=1S/C16H25NO2Si/c1-4-5-6-7-8-9-14-20(2,3)16-12-10-15(11-13-16)17(18)19/h9-14H,4-8H2,1-3H3/b14-9+. The van der Waals surface area contributed by atoms with Gasteiger partial charge in [-0.3, -0.25) is 10.1 Å². The maximum atomic E-state index is 10.7. The summed E-state index contributed by atoms with van der Waals surface area (Å²) >= 11 is 0. The van der Waals surface area contributed by atoms with Gasteiger partial charge in [-0.1, -0.05) is 68.4 Å². The van der Waals surface area contributed by atoms with Crippen molar-refractivity contribution < 1.29 is 4.92 Å². The highest BCUT2D eigenvalue weighted by Gasteiger charge is 2.20. The molecule has 0 aliphatic carbocycles. The molecule has 110 valence electrons. The highest BCUT2D eigenvalue weighted by molar-refractivity contribution is 6.93. The van der Waals surface area contributed by atoms with Crippen LogP contribution in [0.4, 0.5) is 5.69 Å². The fraction of sp³-hybridized carbons (Fsp3) is 0.500. The fourth-order valence-electron chi connectivity index (χ4n) is 2.18. The molecule has 4 heteroatoms. The summed E-state index contributed by atoms with van der Waals surface area (Å²) in [6.07, 6.45) is 8.59. The van der Waals surface area contributed by atoms with Crippen LogP contribution in [0.15, 0.2) is 36.0 Å². The molecule has 0 aliphatic heterocycles. The van der Waals surface area contributed by atoms with Crippen LogP contribution in [0.1, 0.15) is 39.0 Å². The van der Waals surface area contributed by atoms with E-state index in [2.05, 4.69) is 31.8 Å². The Hall–Kier alpha value is -1.42. The number of rotatable bonds is 8. The lowest BCUT2D eigenvalue weighted by Crippen LogP contribution is -2.39. The minimum absolute atomic E-state index is 0.169. The van der Waals surface area contributed by atoms with Gasteiger partial charge >= 0.3 is 0 Å². The first-order valence-electron chi connectivity index (χ1n) is 7.40. The Morgan fingerprint density at radius 2 is 1.80 bits per heavy atom. The molecule has 0 amide bonds. The van der Waals surface area contributed by atoms with Gasteiger partial charge in [-0.2, -0.15) is 0 Å². The van der Waals surface area contributed by atoms with Gasteiger partial charge in [-0.25, -0.2) is 0 Å². The van der Waals surface area contributed by atoms with Crippen LogP contribution in [0, 0.1) is 10.1 Å². The maximum absolute atomic E-state index is 10.7. The SMILES string of the molecule is CCCCCC/C=C/[Si](C)(C)c1ccc([N+](=O)[O-])cc1. The third-order valence-electron chi connectivity index (χ3n) is 3.58. The van der Waals surface area contributed by atoms with Crippen molar-refractivity contribution in [1.82, 2.24) is 0 Å². The van der Waals surface area contributed by atoms with Crippen LogP contribution in [0.25, 0.3) is 0 Å². The summed E-state index contributed by atoms with van der Waals surface area (Å²) < 4.78 is 0. The average molecular weight is 291 g/mol. The van der Waals surface area contributed by atoms with Gasteiger partial charge in [-0.05, 0) is 12.8 Å². The van der Waals surface area contributed by atoms with Crippen LogP contribution >= 0.6 is 0 Å². The van der Waals surface area contributed by atoms with Crippen molar-refractivity contribution >= 4 is 18.9 Å². The van der Waals surface area contributed by atoms with Gasteiger partial charge in [-0.15, -0.1) is 0 Å². The van der Waals surface area contributed by atoms with Crippen molar-refractivity contribution in [1.29, 1.82) is 0 Å². The molecule has 0 saturated carbocycles. The predicted molar refractivity (Wildman–Crippen MR) is 88.1 cm³/mol. The van der Waals surface area contributed by atoms with Crippen molar-refractivity contribution in [2.75, 3.05) is 0 Å². The van der Waals surface area contributed by atoms with Crippen molar-refractivity contribution in [3.8, 4) is 0 Å². The van der Waals surface area contributed by atoms with Gasteiger partial charge in [0.1, 0.15) is 8.07 Å². The van der Waals surface area contributed by atoms with E-state index in [9.17, 15) is 10.1 Å². The van der Waals surface area contributed by atoms with Crippen LogP contribution in [0.3, 0.4) is 0 Å². The van der Waals surface area contributed by atoms with E-state index in [1.54, 1.807) is 12.1 Å². The summed E-state index contributed by atoms with van der Waals surface area (Å²) in [5, 5.41) is 11.9. The second kappa shape index (κ2) is 8.00. The molecule has 0 unspecified atom stereocenters. The molecule has 0 aromatic heterocycles. The summed E-state index contributed by atoms with van der Waals surface area (Å²) in [6, 6.07) is 7.04. The normalized spacial score (nSPS) is 11.9. The average Bonchev–Trinajstić information content (AvgIpc) is 2.43. The van der Waals surface area contributed by atoms with E-state index < -0.39 is 8.07 Å². The summed E-state index contributed by atoms with van der Waals surface area (Å²) in [5.41, 5.74) is 2.52. The molecule has 3 nitrogen and oxygen atoms in total. The zero-order chi connectivity index (χ0) is 15.0. The molecule has 0 fully saturated rings. The minimum atomic E-state index is -1.61. The van der Waals surface area contributed by atoms with Gasteiger partial charge in [0, 0.05) is 12.1 Å². The van der Waals surface area contributed by atoms with Crippen LogP contribution in [0.5, 0.6) is 0 Å². The van der Waals surface area contributed by atoms with E-state index >= 15 is 0 Å². The molecule has 0 aliphatic rings. The van der Waals surface area contributed by atoms with Crippen LogP contribution in [0.2, 0.25) is 13.1 Å². The number of benzene rings is 1. The summed E-state index contributed by atoms with van der Waals surface area (Å²) in [6.45, 7) is 6.77. The largest absolute Gasteiger partial charge is 0.269 e. The Balaban J connectivity index is 2.58. The maximum Gasteiger partial charge on any atom is 0.269 e. The monoisotopic (exact) mass is 291 g/mol. The second-order valence-corrected chi connectivity index (χ2v) is 10.1. The summed E-state index contributed by atoms with van der Waals surface area (Å²) in [4.78, 5) is 10.3. The first kappa shape index (κ1) is 16.6. The first-order chi connectivity index (χ1) is 9.47. The van der Waals surface area contributed by atoms with E-state index in [1.807, 2.05) is 12.1 Å². The van der Waals surface area contributed by atoms with E-state index in [0.29, 0.717) is 0 Å². The Morgan fingerprint density at radius 1 is 1.15 bits per heavy atom. The minimum Gasteiger partial charge on any atom is -0.258 e. The number of unbranched alkanes of at least 4 members (excludes halogenated alkanes) is 4. The molecule has 0 saturated heterocycles. The number of nitrogens with zero attached hydrogens (tertiary/aromatic N) is 1. The molecule has 0 spiro atoms. The molecule has 1 aromatic carbocycles. The molecular weight excluding hydrogens is 266 g/mol. The Morgan fingerprint density at radius 3 is 2.35 bits per heavy atom. The van der Waals surface area contributed by atoms with Gasteiger partial charge in [0.2, 0.25) is 0 Å². The summed E-state index contributed by atoms with van der Waals surface area (Å²) in [7, 11) is -1.61. The van der Waals surface area contributed by atoms with Gasteiger partial charge < -0.3 is 0 Å². The highest BCUT2D eigenvalue weighted by Crippen LogP contribution is 2.12. The molecule has 1 rings (SSSR count). The second-order valence-electron chi connectivity index (χ2n) is 5.78. The van der Waals surface area contributed by atoms with Crippen molar-refractivity contribution in [2.45, 2.75) is 52.1 Å². The van der Waals surface area contributed by atoms with Gasteiger partial charge in [0.05, 0.1) is 4.92 Å². The van der Waals surface area contributed by atoms with Crippen LogP contribution < -0.4 is 5.19 Å². The van der Waals surface area contributed by atoms with E-state index in [4.69, 9.17) is 0 Å². The van der Waals surface area contributed by atoms with Crippen molar-refractivity contribution in [2.24, 2.45) is 0 Å². The molecule has 0 N–H and O–H groups in total. The molecule has 20 heavy (non-hydrogen) atoms. The van der Waals surface area contributed by atoms with Crippen LogP contribution in [-0.4, -0.2) is 13.0 Å². The van der Waals surface area contributed by atoms with E-state index in [0.717, 1.165) is 6.42 Å². The third-order valence-corrected chi connectivity index (χ3v) is 6.47. The number of hydrogen-bond acceptors (Lipinski definition) is 2. The zero-order valence-corrected chi connectivity index (χ0v) is 13.8. The lowest BCUT2D eigenvalue weighted by molar-refractivity contribution is -0.384. The first-order valence-corrected chi connectivity index (χ1v) is 10.5. The molecule has 0 atom stereocenters. The third kappa shape index (κ3) is 5.29. The fourth-order valence-corrected chi connectivity index (χ4v) is 4.15. The van der Waals surface area contributed by atoms with Crippen molar-refractivity contribution in [3.05, 3.63) is 46.2 Å². The number of allylic oxidation sites excluding steroid dienone is 1. The molecule has 0 heterocycles. The Kier molecular flexibility index (Phi) is 6.65. The number of nitro groups is 1. The van der Waals surface area contributed by atoms with E-state index in [1.165, 1.54) is 30.9 Å². The smallest absolute Gasteiger partial charge is 0.258 e. The number of nitro benzene ring substituents is 1. The summed E-state index contributed by atoms with van der Waals surface area (Å²) in [5.74, 6) is 0. The van der Waals surface area contributed by atoms with Gasteiger partial charge in [0.25, 0.3) is 5.69 Å². The lowest BCUT2D eigenvalue weighted by Gasteiger charge is -2.18. The molecular formula is C16H25NO2Si. The van der Waals surface area contributed by atoms with E-state index in [-0.39, 0.29) is 10.6 Å². The predicted octanol–water partition coefficient (Wildman–Crippen LogP) is 4.58. The Labute approximate surface area is 122 Å². The lowest BCUT2D eigenvalue weighted by atomic mass is 10.2. The molecule has 0 radical (unpaired) electrons. The van der Waals surface area contributed by atoms with Crippen molar-refractivity contribution in [3.63, 3.8) is 0 Å². The van der Waals surface area contributed by atoms with Crippen LogP contribution in [-0.2, 0) is 0 Å². The Bertz CT molecular complexity index is 452. The number of hydrogen-bond donors (Lipinski definition) is 0. The molecule has 0 bridgehead atoms. The zero-order valence-electron chi connectivity index (χ0n) is 12.8. The topological polar surface area (TPSA) is 43.1 Å². The van der Waals surface area contributed by atoms with Gasteiger partial charge in [0.15, 0.2) is 0 Å². The number of non-ortho nitro benzene ring substituents is 1. The highest BCUT2D eigenvalue weighted by atomic mass is 28.3. The quantitative estimate of drug-likeness (QED) is 0.304.